The van der Waals surface area contributed by atoms with Gasteiger partial charge in [0.15, 0.2) is 0 Å². The zero-order chi connectivity index (χ0) is 13.7. The molecule has 0 amide bonds. The predicted molar refractivity (Wildman–Crippen MR) is 79.7 cm³/mol. The highest BCUT2D eigenvalue weighted by Crippen LogP contribution is 2.35. The van der Waals surface area contributed by atoms with Gasteiger partial charge in [-0.25, -0.2) is 0 Å². The minimum absolute atomic E-state index is 0.297. The maximum Gasteiger partial charge on any atom is 0.0672 e. The van der Waals surface area contributed by atoms with Crippen molar-refractivity contribution in [2.45, 2.75) is 71.3 Å². The van der Waals surface area contributed by atoms with Crippen LogP contribution in [-0.4, -0.2) is 24.0 Å². The van der Waals surface area contributed by atoms with Crippen LogP contribution in [0, 0.1) is 29.1 Å². The summed E-state index contributed by atoms with van der Waals surface area (Å²) in [6.45, 7) is 7.08. The fourth-order valence-electron chi connectivity index (χ4n) is 4.14. The monoisotopic (exact) mass is 262 g/mol. The van der Waals surface area contributed by atoms with E-state index in [9.17, 15) is 5.26 Å². The van der Waals surface area contributed by atoms with Crippen LogP contribution in [0.2, 0.25) is 0 Å². The minimum atomic E-state index is 0.297. The maximum absolute atomic E-state index is 9.41. The van der Waals surface area contributed by atoms with Crippen molar-refractivity contribution in [1.29, 1.82) is 5.26 Å². The van der Waals surface area contributed by atoms with E-state index in [1.807, 2.05) is 0 Å². The van der Waals surface area contributed by atoms with Crippen LogP contribution in [0.25, 0.3) is 0 Å². The molecule has 3 atom stereocenters. The topological polar surface area (TPSA) is 27.0 Å². The number of nitrogens with zero attached hydrogens (tertiary/aromatic N) is 2. The van der Waals surface area contributed by atoms with Crippen molar-refractivity contribution >= 4 is 0 Å². The molecular weight excluding hydrogens is 232 g/mol. The van der Waals surface area contributed by atoms with Crippen LogP contribution >= 0.6 is 0 Å². The Kier molecular flexibility index (Phi) is 5.70. The smallest absolute Gasteiger partial charge is 0.0672 e. The third-order valence-electron chi connectivity index (χ3n) is 5.48. The van der Waals surface area contributed by atoms with Gasteiger partial charge in [-0.2, -0.15) is 5.26 Å². The summed E-state index contributed by atoms with van der Waals surface area (Å²) in [5, 5.41) is 9.41. The predicted octanol–water partition coefficient (Wildman–Crippen LogP) is 4.22. The van der Waals surface area contributed by atoms with Crippen molar-refractivity contribution in [1.82, 2.24) is 4.90 Å². The van der Waals surface area contributed by atoms with E-state index in [-0.39, 0.29) is 0 Å². The summed E-state index contributed by atoms with van der Waals surface area (Å²) in [6.07, 6.45) is 10.4. The van der Waals surface area contributed by atoms with Crippen molar-refractivity contribution in [2.75, 3.05) is 13.1 Å². The van der Waals surface area contributed by atoms with Gasteiger partial charge in [-0.15, -0.1) is 0 Å². The third-order valence-corrected chi connectivity index (χ3v) is 5.48. The second kappa shape index (κ2) is 7.29. The first kappa shape index (κ1) is 14.9. The average molecular weight is 262 g/mol. The molecule has 1 aliphatic carbocycles. The molecule has 0 aromatic carbocycles. The van der Waals surface area contributed by atoms with Crippen LogP contribution in [0.1, 0.15) is 65.2 Å². The molecule has 0 radical (unpaired) electrons. The highest BCUT2D eigenvalue weighted by Gasteiger charge is 2.35. The molecular formula is C17H30N2. The first-order chi connectivity index (χ1) is 9.28. The Morgan fingerprint density at radius 3 is 2.37 bits per heavy atom. The number of rotatable bonds is 4. The largest absolute Gasteiger partial charge is 0.299 e. The first-order valence-corrected chi connectivity index (χ1v) is 8.42. The summed E-state index contributed by atoms with van der Waals surface area (Å²) in [7, 11) is 0. The number of likely N-dealkylation sites (tertiary alicyclic amines) is 1. The molecule has 3 unspecified atom stereocenters. The van der Waals surface area contributed by atoms with E-state index in [1.165, 1.54) is 58.0 Å². The Bertz CT molecular complexity index is 299. The van der Waals surface area contributed by atoms with Crippen molar-refractivity contribution < 1.29 is 0 Å². The molecule has 0 aromatic rings. The number of hydrogen-bond acceptors (Lipinski definition) is 2. The van der Waals surface area contributed by atoms with Gasteiger partial charge in [-0.05, 0) is 57.0 Å². The van der Waals surface area contributed by atoms with Crippen molar-refractivity contribution in [3.8, 4) is 6.07 Å². The molecule has 2 nitrogen and oxygen atoms in total. The minimum Gasteiger partial charge on any atom is -0.299 e. The summed E-state index contributed by atoms with van der Waals surface area (Å²) < 4.78 is 0. The Labute approximate surface area is 119 Å². The quantitative estimate of drug-likeness (QED) is 0.758. The van der Waals surface area contributed by atoms with Crippen LogP contribution < -0.4 is 0 Å². The molecule has 0 aromatic heterocycles. The average Bonchev–Trinajstić information content (AvgIpc) is 2.47. The lowest BCUT2D eigenvalue weighted by atomic mass is 9.76. The second-order valence-corrected chi connectivity index (χ2v) is 6.66. The SMILES string of the molecule is CCCC1CCN(C2CC(CC)CCC2C#N)CC1. The van der Waals surface area contributed by atoms with Gasteiger partial charge in [0.25, 0.3) is 0 Å². The number of nitriles is 1. The summed E-state index contributed by atoms with van der Waals surface area (Å²) >= 11 is 0. The second-order valence-electron chi connectivity index (χ2n) is 6.66. The number of hydrogen-bond donors (Lipinski definition) is 0. The van der Waals surface area contributed by atoms with Crippen molar-refractivity contribution in [3.63, 3.8) is 0 Å². The zero-order valence-corrected chi connectivity index (χ0v) is 12.8. The molecule has 1 saturated heterocycles. The lowest BCUT2D eigenvalue weighted by molar-refractivity contribution is 0.0650. The van der Waals surface area contributed by atoms with Crippen LogP contribution in [0.3, 0.4) is 0 Å². The standard InChI is InChI=1S/C17H30N2/c1-3-5-15-8-10-19(11-9-15)17-12-14(4-2)6-7-16(17)13-18/h14-17H,3-12H2,1-2H3. The zero-order valence-electron chi connectivity index (χ0n) is 12.8. The normalized spacial score (nSPS) is 34.1. The molecule has 19 heavy (non-hydrogen) atoms. The van der Waals surface area contributed by atoms with E-state index < -0.39 is 0 Å². The van der Waals surface area contributed by atoms with E-state index in [0.717, 1.165) is 18.3 Å². The van der Waals surface area contributed by atoms with Gasteiger partial charge in [-0.1, -0.05) is 33.1 Å². The van der Waals surface area contributed by atoms with Gasteiger partial charge in [0, 0.05) is 6.04 Å². The van der Waals surface area contributed by atoms with E-state index >= 15 is 0 Å². The molecule has 2 aliphatic rings. The van der Waals surface area contributed by atoms with Gasteiger partial charge in [0.2, 0.25) is 0 Å². The Morgan fingerprint density at radius 2 is 1.79 bits per heavy atom. The summed E-state index contributed by atoms with van der Waals surface area (Å²) in [5.74, 6) is 2.11. The van der Waals surface area contributed by atoms with Gasteiger partial charge < -0.3 is 0 Å². The molecule has 1 heterocycles. The highest BCUT2D eigenvalue weighted by atomic mass is 15.2. The Hall–Kier alpha value is -0.550. The van der Waals surface area contributed by atoms with Gasteiger partial charge >= 0.3 is 0 Å². The van der Waals surface area contributed by atoms with Gasteiger partial charge in [0.05, 0.1) is 12.0 Å². The first-order valence-electron chi connectivity index (χ1n) is 8.42. The maximum atomic E-state index is 9.41. The van der Waals surface area contributed by atoms with Crippen LogP contribution in [0.5, 0.6) is 0 Å². The number of piperidine rings is 1. The molecule has 1 aliphatic heterocycles. The van der Waals surface area contributed by atoms with Crippen LogP contribution in [0.4, 0.5) is 0 Å². The Balaban J connectivity index is 1.90. The molecule has 0 bridgehead atoms. The molecule has 2 heteroatoms. The van der Waals surface area contributed by atoms with Crippen molar-refractivity contribution in [2.24, 2.45) is 17.8 Å². The summed E-state index contributed by atoms with van der Waals surface area (Å²) in [6, 6.07) is 3.15. The lowest BCUT2D eigenvalue weighted by Gasteiger charge is -2.43. The molecule has 2 fully saturated rings. The fraction of sp³-hybridized carbons (Fsp3) is 0.941. The lowest BCUT2D eigenvalue weighted by Crippen LogP contribution is -2.47. The summed E-state index contributed by atoms with van der Waals surface area (Å²) in [4.78, 5) is 2.65. The van der Waals surface area contributed by atoms with Crippen LogP contribution in [0.15, 0.2) is 0 Å². The van der Waals surface area contributed by atoms with E-state index in [4.69, 9.17) is 0 Å². The van der Waals surface area contributed by atoms with E-state index in [0.29, 0.717) is 12.0 Å². The molecule has 108 valence electrons. The molecule has 0 spiro atoms. The van der Waals surface area contributed by atoms with E-state index in [1.54, 1.807) is 0 Å². The highest BCUT2D eigenvalue weighted by molar-refractivity contribution is 4.98. The van der Waals surface area contributed by atoms with Gasteiger partial charge in [-0.3, -0.25) is 4.90 Å². The molecule has 0 N–H and O–H groups in total. The molecule has 2 rings (SSSR count). The van der Waals surface area contributed by atoms with Crippen LogP contribution in [-0.2, 0) is 0 Å². The fourth-order valence-corrected chi connectivity index (χ4v) is 4.14. The van der Waals surface area contributed by atoms with Gasteiger partial charge in [0.1, 0.15) is 0 Å². The van der Waals surface area contributed by atoms with E-state index in [2.05, 4.69) is 24.8 Å². The Morgan fingerprint density at radius 1 is 1.05 bits per heavy atom. The summed E-state index contributed by atoms with van der Waals surface area (Å²) in [5.41, 5.74) is 0. The third kappa shape index (κ3) is 3.72. The van der Waals surface area contributed by atoms with Crippen molar-refractivity contribution in [3.05, 3.63) is 0 Å². The molecule has 1 saturated carbocycles.